The molecule has 2 N–H and O–H groups in total. The van der Waals surface area contributed by atoms with Gasteiger partial charge in [0.2, 0.25) is 0 Å². The van der Waals surface area contributed by atoms with Crippen LogP contribution in [0.3, 0.4) is 0 Å². The second-order valence-electron chi connectivity index (χ2n) is 5.86. The number of carbonyl (C=O) groups excluding carboxylic acids is 1. The highest BCUT2D eigenvalue weighted by Gasteiger charge is 2.20. The van der Waals surface area contributed by atoms with Gasteiger partial charge in [0.1, 0.15) is 0 Å². The molecule has 21 heavy (non-hydrogen) atoms. The molecule has 0 radical (unpaired) electrons. The molecule has 2 saturated heterocycles. The van der Waals surface area contributed by atoms with Crippen molar-refractivity contribution in [3.8, 4) is 0 Å². The van der Waals surface area contributed by atoms with Crippen molar-refractivity contribution in [2.24, 2.45) is 5.92 Å². The molecule has 2 aliphatic rings. The Labute approximate surface area is 124 Å². The summed E-state index contributed by atoms with van der Waals surface area (Å²) in [6.45, 7) is 4.22. The van der Waals surface area contributed by atoms with Crippen molar-refractivity contribution in [2.45, 2.75) is 31.7 Å². The lowest BCUT2D eigenvalue weighted by atomic mass is 10.0. The highest BCUT2D eigenvalue weighted by atomic mass is 16.5. The number of carbonyl (C=O) groups is 1. The first-order valence-electron chi connectivity index (χ1n) is 7.81. The lowest BCUT2D eigenvalue weighted by Crippen LogP contribution is -2.33. The summed E-state index contributed by atoms with van der Waals surface area (Å²) in [4.78, 5) is 12.1. The van der Waals surface area contributed by atoms with Crippen molar-refractivity contribution in [1.82, 2.24) is 25.6 Å². The Morgan fingerprint density at radius 1 is 1.43 bits per heavy atom. The van der Waals surface area contributed by atoms with Gasteiger partial charge >= 0.3 is 0 Å². The Bertz CT molecular complexity index is 464. The third-order valence-corrected chi connectivity index (χ3v) is 4.23. The Kier molecular flexibility index (Phi) is 4.82. The van der Waals surface area contributed by atoms with Gasteiger partial charge in [0, 0.05) is 13.2 Å². The Morgan fingerprint density at radius 3 is 3.05 bits per heavy atom. The molecular formula is C14H23N5O2. The van der Waals surface area contributed by atoms with Crippen LogP contribution in [-0.2, 0) is 4.74 Å². The SMILES string of the molecule is O=C(NCC1CCCOC1)c1cn(C2CCNCC2)nn1. The molecule has 1 aromatic rings. The van der Waals surface area contributed by atoms with Gasteiger partial charge in [-0.3, -0.25) is 4.79 Å². The van der Waals surface area contributed by atoms with Gasteiger partial charge in [-0.15, -0.1) is 5.10 Å². The van der Waals surface area contributed by atoms with E-state index in [1.807, 2.05) is 4.68 Å². The minimum atomic E-state index is -0.138. The van der Waals surface area contributed by atoms with Gasteiger partial charge < -0.3 is 15.4 Å². The van der Waals surface area contributed by atoms with E-state index in [9.17, 15) is 4.79 Å². The fraction of sp³-hybridized carbons (Fsp3) is 0.786. The first-order chi connectivity index (χ1) is 10.3. The van der Waals surface area contributed by atoms with Gasteiger partial charge in [-0.25, -0.2) is 4.68 Å². The quantitative estimate of drug-likeness (QED) is 0.838. The Morgan fingerprint density at radius 2 is 2.29 bits per heavy atom. The lowest BCUT2D eigenvalue weighted by Gasteiger charge is -2.22. The summed E-state index contributed by atoms with van der Waals surface area (Å²) in [7, 11) is 0. The predicted molar refractivity (Wildman–Crippen MR) is 77.0 cm³/mol. The van der Waals surface area contributed by atoms with Crippen LogP contribution in [-0.4, -0.2) is 53.7 Å². The molecule has 116 valence electrons. The van der Waals surface area contributed by atoms with Gasteiger partial charge in [-0.2, -0.15) is 0 Å². The molecular weight excluding hydrogens is 270 g/mol. The first-order valence-corrected chi connectivity index (χ1v) is 7.81. The molecule has 7 nitrogen and oxygen atoms in total. The maximum Gasteiger partial charge on any atom is 0.273 e. The van der Waals surface area contributed by atoms with Crippen molar-refractivity contribution in [1.29, 1.82) is 0 Å². The molecule has 1 amide bonds. The van der Waals surface area contributed by atoms with Crippen LogP contribution < -0.4 is 10.6 Å². The molecule has 0 aliphatic carbocycles. The van der Waals surface area contributed by atoms with Crippen LogP contribution in [0.2, 0.25) is 0 Å². The molecule has 2 aliphatic heterocycles. The van der Waals surface area contributed by atoms with Gasteiger partial charge in [-0.05, 0) is 44.7 Å². The van der Waals surface area contributed by atoms with E-state index in [0.29, 0.717) is 24.2 Å². The summed E-state index contributed by atoms with van der Waals surface area (Å²) in [6.07, 6.45) is 6.02. The molecule has 2 fully saturated rings. The molecule has 3 rings (SSSR count). The monoisotopic (exact) mass is 293 g/mol. The third kappa shape index (κ3) is 3.79. The summed E-state index contributed by atoms with van der Waals surface area (Å²) in [5.41, 5.74) is 0.408. The minimum Gasteiger partial charge on any atom is -0.381 e. The largest absolute Gasteiger partial charge is 0.381 e. The molecule has 1 unspecified atom stereocenters. The van der Waals surface area contributed by atoms with Crippen LogP contribution in [0.4, 0.5) is 0 Å². The van der Waals surface area contributed by atoms with Crippen LogP contribution in [0, 0.1) is 5.92 Å². The summed E-state index contributed by atoms with van der Waals surface area (Å²) in [6, 6.07) is 0.354. The number of aromatic nitrogens is 3. The summed E-state index contributed by atoms with van der Waals surface area (Å²) in [5.74, 6) is 0.280. The number of hydrogen-bond donors (Lipinski definition) is 2. The highest BCUT2D eigenvalue weighted by Crippen LogP contribution is 2.17. The molecule has 1 aromatic heterocycles. The van der Waals surface area contributed by atoms with Crippen molar-refractivity contribution in [3.63, 3.8) is 0 Å². The van der Waals surface area contributed by atoms with Crippen LogP contribution in [0.1, 0.15) is 42.2 Å². The van der Waals surface area contributed by atoms with E-state index < -0.39 is 0 Å². The Hall–Kier alpha value is -1.47. The molecule has 0 bridgehead atoms. The highest BCUT2D eigenvalue weighted by molar-refractivity contribution is 5.91. The average molecular weight is 293 g/mol. The second kappa shape index (κ2) is 7.00. The Balaban J connectivity index is 1.51. The maximum absolute atomic E-state index is 12.1. The molecule has 0 saturated carbocycles. The zero-order valence-electron chi connectivity index (χ0n) is 12.3. The molecule has 3 heterocycles. The summed E-state index contributed by atoms with van der Waals surface area (Å²) >= 11 is 0. The van der Waals surface area contributed by atoms with Crippen molar-refractivity contribution in [3.05, 3.63) is 11.9 Å². The van der Waals surface area contributed by atoms with Crippen molar-refractivity contribution >= 4 is 5.91 Å². The average Bonchev–Trinajstić information content (AvgIpc) is 3.04. The summed E-state index contributed by atoms with van der Waals surface area (Å²) in [5, 5.41) is 14.4. The normalized spacial score (nSPS) is 23.9. The number of ether oxygens (including phenoxy) is 1. The minimum absolute atomic E-state index is 0.138. The van der Waals surface area contributed by atoms with E-state index in [1.54, 1.807) is 6.20 Å². The predicted octanol–water partition coefficient (Wildman–Crippen LogP) is 0.359. The number of rotatable bonds is 4. The zero-order chi connectivity index (χ0) is 14.5. The van der Waals surface area contributed by atoms with Crippen LogP contribution in [0.25, 0.3) is 0 Å². The van der Waals surface area contributed by atoms with E-state index in [-0.39, 0.29) is 5.91 Å². The van der Waals surface area contributed by atoms with Crippen LogP contribution in [0.15, 0.2) is 6.20 Å². The fourth-order valence-electron chi connectivity index (χ4n) is 2.93. The number of piperidine rings is 1. The number of nitrogens with one attached hydrogen (secondary N) is 2. The van der Waals surface area contributed by atoms with Crippen LogP contribution in [0.5, 0.6) is 0 Å². The molecule has 7 heteroatoms. The van der Waals surface area contributed by atoms with Gasteiger partial charge in [-0.1, -0.05) is 5.21 Å². The lowest BCUT2D eigenvalue weighted by molar-refractivity contribution is 0.0535. The van der Waals surface area contributed by atoms with E-state index >= 15 is 0 Å². The zero-order valence-corrected chi connectivity index (χ0v) is 12.3. The molecule has 1 atom stereocenters. The van der Waals surface area contributed by atoms with Crippen LogP contribution >= 0.6 is 0 Å². The third-order valence-electron chi connectivity index (χ3n) is 4.23. The molecule has 0 aromatic carbocycles. The van der Waals surface area contributed by atoms with Gasteiger partial charge in [0.25, 0.3) is 5.91 Å². The van der Waals surface area contributed by atoms with E-state index in [0.717, 1.165) is 52.0 Å². The van der Waals surface area contributed by atoms with E-state index in [4.69, 9.17) is 4.74 Å². The smallest absolute Gasteiger partial charge is 0.273 e. The topological polar surface area (TPSA) is 81.1 Å². The van der Waals surface area contributed by atoms with E-state index in [2.05, 4.69) is 20.9 Å². The van der Waals surface area contributed by atoms with Crippen molar-refractivity contribution < 1.29 is 9.53 Å². The van der Waals surface area contributed by atoms with Crippen molar-refractivity contribution in [2.75, 3.05) is 32.8 Å². The number of amides is 1. The second-order valence-corrected chi connectivity index (χ2v) is 5.86. The standard InChI is InChI=1S/C14H23N5O2/c20-14(16-8-11-2-1-7-21-10-11)13-9-19(18-17-13)12-3-5-15-6-4-12/h9,11-12,15H,1-8,10H2,(H,16,20). The van der Waals surface area contributed by atoms with E-state index in [1.165, 1.54) is 0 Å². The first kappa shape index (κ1) is 14.5. The van der Waals surface area contributed by atoms with Gasteiger partial charge in [0.15, 0.2) is 5.69 Å². The van der Waals surface area contributed by atoms with Gasteiger partial charge in [0.05, 0.1) is 18.8 Å². The summed E-state index contributed by atoms with van der Waals surface area (Å²) < 4.78 is 7.25. The maximum atomic E-state index is 12.1. The number of nitrogens with zero attached hydrogens (tertiary/aromatic N) is 3. The fourth-order valence-corrected chi connectivity index (χ4v) is 2.93. The molecule has 0 spiro atoms. The number of hydrogen-bond acceptors (Lipinski definition) is 5.